The second-order valence-corrected chi connectivity index (χ2v) is 5.04. The van der Waals surface area contributed by atoms with E-state index in [4.69, 9.17) is 26.3 Å². The number of hydrogen-bond acceptors (Lipinski definition) is 4. The van der Waals surface area contributed by atoms with Crippen molar-refractivity contribution in [1.82, 2.24) is 10.4 Å². The van der Waals surface area contributed by atoms with E-state index in [0.717, 1.165) is 0 Å². The molecule has 1 aliphatic heterocycles. The summed E-state index contributed by atoms with van der Waals surface area (Å²) in [6.07, 6.45) is -2.07. The van der Waals surface area contributed by atoms with E-state index in [9.17, 15) is 9.59 Å². The van der Waals surface area contributed by atoms with Gasteiger partial charge in [-0.15, -0.1) is 0 Å². The maximum absolute atomic E-state index is 11.8. The molecule has 2 amide bonds. The molecule has 0 bridgehead atoms. The molecule has 0 saturated carbocycles. The van der Waals surface area contributed by atoms with Crippen LogP contribution < -0.4 is 10.2 Å². The largest absolute Gasteiger partial charge is 0.481 e. The van der Waals surface area contributed by atoms with Gasteiger partial charge in [0.2, 0.25) is 0 Å². The zero-order valence-electron chi connectivity index (χ0n) is 11.3. The Labute approximate surface area is 126 Å². The fourth-order valence-electron chi connectivity index (χ4n) is 1.66. The summed E-state index contributed by atoms with van der Waals surface area (Å²) in [5.41, 5.74) is 2.27. The number of ether oxygens (including phenoxy) is 1. The molecule has 1 heterocycles. The highest BCUT2D eigenvalue weighted by atomic mass is 35.5. The van der Waals surface area contributed by atoms with E-state index in [2.05, 4.69) is 5.48 Å². The molecule has 1 aliphatic rings. The molecule has 1 aromatic carbocycles. The van der Waals surface area contributed by atoms with Gasteiger partial charge in [-0.05, 0) is 31.2 Å². The highest BCUT2D eigenvalue weighted by Crippen LogP contribution is 2.17. The summed E-state index contributed by atoms with van der Waals surface area (Å²) in [5.74, 6) is 0.0708. The smallest absolute Gasteiger partial charge is 0.407 e. The summed E-state index contributed by atoms with van der Waals surface area (Å²) < 4.78 is 5.42. The average Bonchev–Trinajstić information content (AvgIpc) is 2.38. The van der Waals surface area contributed by atoms with Gasteiger partial charge in [-0.1, -0.05) is 11.6 Å². The number of hydroxylamine groups is 1. The topological polar surface area (TPSA) is 88.1 Å². The Kier molecular flexibility index (Phi) is 4.87. The molecule has 0 aliphatic carbocycles. The first-order valence-electron chi connectivity index (χ1n) is 6.31. The van der Waals surface area contributed by atoms with Gasteiger partial charge in [0.15, 0.2) is 6.10 Å². The number of amides is 2. The molecule has 0 radical (unpaired) electrons. The monoisotopic (exact) mass is 314 g/mol. The third-order valence-electron chi connectivity index (χ3n) is 2.94. The van der Waals surface area contributed by atoms with E-state index < -0.39 is 18.1 Å². The fraction of sp³-hybridized carbons (Fsp3) is 0.385. The van der Waals surface area contributed by atoms with Crippen molar-refractivity contribution in [2.75, 3.05) is 13.1 Å². The molecule has 0 spiro atoms. The Bertz CT molecular complexity index is 516. The van der Waals surface area contributed by atoms with Crippen LogP contribution in [0.3, 0.4) is 0 Å². The van der Waals surface area contributed by atoms with E-state index in [0.29, 0.717) is 10.8 Å². The van der Waals surface area contributed by atoms with Crippen LogP contribution in [0.1, 0.15) is 6.92 Å². The Morgan fingerprint density at radius 2 is 2.00 bits per heavy atom. The molecule has 1 aromatic rings. The summed E-state index contributed by atoms with van der Waals surface area (Å²) in [7, 11) is 0. The van der Waals surface area contributed by atoms with E-state index in [-0.39, 0.29) is 19.2 Å². The molecule has 7 nitrogen and oxygen atoms in total. The quantitative estimate of drug-likeness (QED) is 0.804. The van der Waals surface area contributed by atoms with Crippen molar-refractivity contribution < 1.29 is 24.3 Å². The molecule has 21 heavy (non-hydrogen) atoms. The number of hydrogen-bond donors (Lipinski definition) is 2. The molecular formula is C13H15ClN2O5. The van der Waals surface area contributed by atoms with Crippen LogP contribution in [-0.4, -0.2) is 47.3 Å². The first-order chi connectivity index (χ1) is 9.95. The summed E-state index contributed by atoms with van der Waals surface area (Å²) in [6.45, 7) is 2.06. The van der Waals surface area contributed by atoms with E-state index >= 15 is 0 Å². The molecule has 1 saturated heterocycles. The van der Waals surface area contributed by atoms with Crippen LogP contribution in [0.25, 0.3) is 0 Å². The van der Waals surface area contributed by atoms with Crippen LogP contribution >= 0.6 is 11.6 Å². The first-order valence-corrected chi connectivity index (χ1v) is 6.69. The predicted octanol–water partition coefficient (Wildman–Crippen LogP) is 1.52. The zero-order chi connectivity index (χ0) is 15.4. The van der Waals surface area contributed by atoms with Gasteiger partial charge in [-0.2, -0.15) is 0 Å². The van der Waals surface area contributed by atoms with Crippen molar-refractivity contribution in [1.29, 1.82) is 0 Å². The molecule has 2 N–H and O–H groups in total. The molecule has 1 fully saturated rings. The van der Waals surface area contributed by atoms with Gasteiger partial charge in [-0.3, -0.25) is 9.63 Å². The van der Waals surface area contributed by atoms with Crippen molar-refractivity contribution >= 4 is 23.6 Å². The van der Waals surface area contributed by atoms with Crippen molar-refractivity contribution in [2.24, 2.45) is 0 Å². The lowest BCUT2D eigenvalue weighted by Gasteiger charge is -2.36. The Balaban J connectivity index is 1.71. The highest BCUT2D eigenvalue weighted by Gasteiger charge is 2.32. The molecule has 8 heteroatoms. The van der Waals surface area contributed by atoms with Crippen molar-refractivity contribution in [3.8, 4) is 5.75 Å². The molecule has 114 valence electrons. The molecular weight excluding hydrogens is 300 g/mol. The minimum atomic E-state index is -0.999. The second kappa shape index (κ2) is 6.64. The van der Waals surface area contributed by atoms with Gasteiger partial charge >= 0.3 is 6.09 Å². The SMILES string of the molecule is C[C@H](Oc1ccc(Cl)cc1)C(=O)NOC1CN(C(=O)O)C1. The van der Waals surface area contributed by atoms with Crippen LogP contribution in [0.5, 0.6) is 5.75 Å². The first kappa shape index (κ1) is 15.4. The number of nitrogens with zero attached hydrogens (tertiary/aromatic N) is 1. The third-order valence-corrected chi connectivity index (χ3v) is 3.19. The number of carbonyl (C=O) groups is 2. The van der Waals surface area contributed by atoms with Gasteiger partial charge < -0.3 is 14.7 Å². The van der Waals surface area contributed by atoms with Gasteiger partial charge in [-0.25, -0.2) is 10.3 Å². The van der Waals surface area contributed by atoms with Gasteiger partial charge in [0.25, 0.3) is 5.91 Å². The second-order valence-electron chi connectivity index (χ2n) is 4.61. The molecule has 0 aromatic heterocycles. The Morgan fingerprint density at radius 1 is 1.38 bits per heavy atom. The van der Waals surface area contributed by atoms with Gasteiger partial charge in [0, 0.05) is 5.02 Å². The molecule has 1 atom stereocenters. The van der Waals surface area contributed by atoms with E-state index in [1.165, 1.54) is 4.90 Å². The lowest BCUT2D eigenvalue weighted by atomic mass is 10.2. The standard InChI is InChI=1S/C13H15ClN2O5/c1-8(20-10-4-2-9(14)3-5-10)12(17)15-21-11-6-16(7-11)13(18)19/h2-5,8,11H,6-7H2,1H3,(H,15,17)(H,18,19)/t8-/m0/s1. The summed E-state index contributed by atoms with van der Waals surface area (Å²) in [5, 5.41) is 9.23. The minimum Gasteiger partial charge on any atom is -0.481 e. The number of halogens is 1. The van der Waals surface area contributed by atoms with Crippen molar-refractivity contribution in [3.63, 3.8) is 0 Å². The summed E-state index contributed by atoms with van der Waals surface area (Å²) in [6, 6.07) is 6.63. The lowest BCUT2D eigenvalue weighted by molar-refractivity contribution is -0.152. The summed E-state index contributed by atoms with van der Waals surface area (Å²) >= 11 is 5.75. The number of likely N-dealkylation sites (tertiary alicyclic amines) is 1. The highest BCUT2D eigenvalue weighted by molar-refractivity contribution is 6.30. The Hall–Kier alpha value is -1.99. The number of rotatable bonds is 5. The predicted molar refractivity (Wildman–Crippen MR) is 74.2 cm³/mol. The van der Waals surface area contributed by atoms with E-state index in [1.807, 2.05) is 0 Å². The zero-order valence-corrected chi connectivity index (χ0v) is 12.0. The van der Waals surface area contributed by atoms with Crippen molar-refractivity contribution in [2.45, 2.75) is 19.1 Å². The van der Waals surface area contributed by atoms with Crippen LogP contribution in [-0.2, 0) is 9.63 Å². The van der Waals surface area contributed by atoms with Gasteiger partial charge in [0.1, 0.15) is 11.9 Å². The minimum absolute atomic E-state index is 0.238. The normalized spacial score (nSPS) is 16.0. The number of carboxylic acid groups (broad SMARTS) is 1. The number of carbonyl (C=O) groups excluding carboxylic acids is 1. The molecule has 0 unspecified atom stereocenters. The van der Waals surface area contributed by atoms with Crippen LogP contribution in [0, 0.1) is 0 Å². The molecule has 2 rings (SSSR count). The van der Waals surface area contributed by atoms with Crippen LogP contribution in [0.2, 0.25) is 5.02 Å². The van der Waals surface area contributed by atoms with E-state index in [1.54, 1.807) is 31.2 Å². The number of benzene rings is 1. The Morgan fingerprint density at radius 3 is 2.57 bits per heavy atom. The van der Waals surface area contributed by atoms with Gasteiger partial charge in [0.05, 0.1) is 13.1 Å². The lowest BCUT2D eigenvalue weighted by Crippen LogP contribution is -2.56. The maximum atomic E-state index is 11.8. The fourth-order valence-corrected chi connectivity index (χ4v) is 1.79. The number of nitrogens with one attached hydrogen (secondary N) is 1. The van der Waals surface area contributed by atoms with Crippen molar-refractivity contribution in [3.05, 3.63) is 29.3 Å². The maximum Gasteiger partial charge on any atom is 0.407 e. The summed E-state index contributed by atoms with van der Waals surface area (Å²) in [4.78, 5) is 28.6. The van der Waals surface area contributed by atoms with Crippen LogP contribution in [0.15, 0.2) is 24.3 Å². The average molecular weight is 315 g/mol. The third kappa shape index (κ3) is 4.24. The van der Waals surface area contributed by atoms with Crippen LogP contribution in [0.4, 0.5) is 4.79 Å².